The van der Waals surface area contributed by atoms with Crippen LogP contribution in [0.5, 0.6) is 0 Å². The maximum atomic E-state index is 12.3. The quantitative estimate of drug-likeness (QED) is 0.812. The van der Waals surface area contributed by atoms with Crippen molar-refractivity contribution in [3.8, 4) is 0 Å². The predicted octanol–water partition coefficient (Wildman–Crippen LogP) is 1.05. The van der Waals surface area contributed by atoms with E-state index in [1.54, 1.807) is 30.3 Å². The Morgan fingerprint density at radius 3 is 2.83 bits per heavy atom. The number of anilines is 1. The summed E-state index contributed by atoms with van der Waals surface area (Å²) in [5.74, 6) is -1.10. The molecule has 1 fully saturated rings. The van der Waals surface area contributed by atoms with E-state index in [9.17, 15) is 9.59 Å². The fourth-order valence-corrected chi connectivity index (χ4v) is 2.91. The standard InChI is InChI=1S/C16H21N5O2/c1-20-7-5-13(6-8-20)21(2)16(23)15(22)18-12-4-3-11-10-17-19-14(11)9-12/h3-4,9-10,13H,5-8H2,1-2H3,(H,17,19)(H,18,22). The average Bonchev–Trinajstić information content (AvgIpc) is 3.01. The fraction of sp³-hybridized carbons (Fsp3) is 0.438. The molecule has 122 valence electrons. The fourth-order valence-electron chi connectivity index (χ4n) is 2.91. The van der Waals surface area contributed by atoms with Crippen LogP contribution in [-0.4, -0.2) is 65.0 Å². The Morgan fingerprint density at radius 1 is 1.35 bits per heavy atom. The molecule has 1 aromatic carbocycles. The SMILES string of the molecule is CN1CCC(N(C)C(=O)C(=O)Nc2ccc3cn[nH]c3c2)CC1. The highest BCUT2D eigenvalue weighted by atomic mass is 16.2. The van der Waals surface area contributed by atoms with E-state index in [1.165, 1.54) is 0 Å². The predicted molar refractivity (Wildman–Crippen MR) is 88.0 cm³/mol. The van der Waals surface area contributed by atoms with Crippen LogP contribution in [0.2, 0.25) is 0 Å². The molecule has 0 saturated carbocycles. The Morgan fingerprint density at radius 2 is 2.09 bits per heavy atom. The van der Waals surface area contributed by atoms with Gasteiger partial charge in [-0.1, -0.05) is 0 Å². The van der Waals surface area contributed by atoms with Crippen molar-refractivity contribution in [1.82, 2.24) is 20.0 Å². The van der Waals surface area contributed by atoms with Gasteiger partial charge in [0, 0.05) is 24.2 Å². The summed E-state index contributed by atoms with van der Waals surface area (Å²) in [6.07, 6.45) is 3.50. The molecule has 3 rings (SSSR count). The van der Waals surface area contributed by atoms with E-state index < -0.39 is 11.8 Å². The number of aromatic amines is 1. The van der Waals surface area contributed by atoms with Crippen molar-refractivity contribution in [2.24, 2.45) is 0 Å². The van der Waals surface area contributed by atoms with Crippen molar-refractivity contribution in [2.45, 2.75) is 18.9 Å². The van der Waals surface area contributed by atoms with Crippen molar-refractivity contribution in [2.75, 3.05) is 32.5 Å². The van der Waals surface area contributed by atoms with Gasteiger partial charge in [-0.05, 0) is 51.2 Å². The number of hydrogen-bond donors (Lipinski definition) is 2. The lowest BCUT2D eigenvalue weighted by molar-refractivity contribution is -0.144. The molecular formula is C16H21N5O2. The highest BCUT2D eigenvalue weighted by Crippen LogP contribution is 2.18. The molecule has 2 amide bonds. The van der Waals surface area contributed by atoms with Gasteiger partial charge in [0.05, 0.1) is 11.7 Å². The molecule has 0 atom stereocenters. The summed E-state index contributed by atoms with van der Waals surface area (Å²) in [4.78, 5) is 28.3. The molecule has 0 aliphatic carbocycles. The van der Waals surface area contributed by atoms with Gasteiger partial charge < -0.3 is 15.1 Å². The Hall–Kier alpha value is -2.41. The van der Waals surface area contributed by atoms with Crippen molar-refractivity contribution < 1.29 is 9.59 Å². The maximum Gasteiger partial charge on any atom is 0.313 e. The molecule has 0 bridgehead atoms. The number of likely N-dealkylation sites (tertiary alicyclic amines) is 1. The number of nitrogens with zero attached hydrogens (tertiary/aromatic N) is 3. The number of amides is 2. The van der Waals surface area contributed by atoms with Gasteiger partial charge >= 0.3 is 11.8 Å². The number of hydrogen-bond acceptors (Lipinski definition) is 4. The molecule has 2 heterocycles. The number of fused-ring (bicyclic) bond motifs is 1. The second-order valence-corrected chi connectivity index (χ2v) is 6.08. The zero-order chi connectivity index (χ0) is 16.4. The molecule has 0 radical (unpaired) electrons. The zero-order valence-corrected chi connectivity index (χ0v) is 13.4. The van der Waals surface area contributed by atoms with Crippen LogP contribution in [0.1, 0.15) is 12.8 Å². The minimum atomic E-state index is -0.606. The minimum Gasteiger partial charge on any atom is -0.334 e. The minimum absolute atomic E-state index is 0.125. The normalized spacial score (nSPS) is 16.4. The summed E-state index contributed by atoms with van der Waals surface area (Å²) in [5.41, 5.74) is 1.40. The van der Waals surface area contributed by atoms with Gasteiger partial charge in [-0.25, -0.2) is 0 Å². The third-order valence-corrected chi connectivity index (χ3v) is 4.45. The first-order valence-corrected chi connectivity index (χ1v) is 7.74. The van der Waals surface area contributed by atoms with Gasteiger partial charge in [-0.2, -0.15) is 5.10 Å². The summed E-state index contributed by atoms with van der Waals surface area (Å²) in [6.45, 7) is 1.89. The van der Waals surface area contributed by atoms with E-state index in [4.69, 9.17) is 0 Å². The molecule has 1 aliphatic rings. The summed E-state index contributed by atoms with van der Waals surface area (Å²) in [5, 5.41) is 10.4. The number of aromatic nitrogens is 2. The molecule has 0 spiro atoms. The maximum absolute atomic E-state index is 12.3. The first-order valence-electron chi connectivity index (χ1n) is 7.74. The van der Waals surface area contributed by atoms with Crippen molar-refractivity contribution in [1.29, 1.82) is 0 Å². The lowest BCUT2D eigenvalue weighted by Crippen LogP contribution is -2.47. The molecule has 23 heavy (non-hydrogen) atoms. The van der Waals surface area contributed by atoms with Crippen LogP contribution < -0.4 is 5.32 Å². The lowest BCUT2D eigenvalue weighted by atomic mass is 10.0. The number of likely N-dealkylation sites (N-methyl/N-ethyl adjacent to an activating group) is 1. The Kier molecular flexibility index (Phi) is 4.29. The Bertz CT molecular complexity index is 718. The molecular weight excluding hydrogens is 294 g/mol. The summed E-state index contributed by atoms with van der Waals surface area (Å²) < 4.78 is 0. The summed E-state index contributed by atoms with van der Waals surface area (Å²) in [7, 11) is 3.77. The number of H-pyrrole nitrogens is 1. The molecule has 7 nitrogen and oxygen atoms in total. The smallest absolute Gasteiger partial charge is 0.313 e. The number of piperidine rings is 1. The zero-order valence-electron chi connectivity index (χ0n) is 13.4. The van der Waals surface area contributed by atoms with Crippen LogP contribution in [-0.2, 0) is 9.59 Å². The average molecular weight is 315 g/mol. The van der Waals surface area contributed by atoms with Crippen molar-refractivity contribution in [3.05, 3.63) is 24.4 Å². The largest absolute Gasteiger partial charge is 0.334 e. The highest BCUT2D eigenvalue weighted by Gasteiger charge is 2.27. The van der Waals surface area contributed by atoms with Crippen LogP contribution in [0.3, 0.4) is 0 Å². The van der Waals surface area contributed by atoms with Crippen LogP contribution in [0.4, 0.5) is 5.69 Å². The van der Waals surface area contributed by atoms with E-state index in [2.05, 4.69) is 27.5 Å². The molecule has 7 heteroatoms. The number of rotatable bonds is 2. The Labute approximate surface area is 134 Å². The Balaban J connectivity index is 1.63. The number of carbonyl (C=O) groups is 2. The van der Waals surface area contributed by atoms with E-state index in [1.807, 2.05) is 6.07 Å². The molecule has 1 saturated heterocycles. The van der Waals surface area contributed by atoms with Crippen molar-refractivity contribution in [3.63, 3.8) is 0 Å². The van der Waals surface area contributed by atoms with E-state index in [0.29, 0.717) is 5.69 Å². The van der Waals surface area contributed by atoms with Gasteiger partial charge in [0.2, 0.25) is 0 Å². The third kappa shape index (κ3) is 3.34. The molecule has 2 N–H and O–H groups in total. The summed E-state index contributed by atoms with van der Waals surface area (Å²) in [6, 6.07) is 5.50. The van der Waals surface area contributed by atoms with E-state index in [0.717, 1.165) is 36.8 Å². The van der Waals surface area contributed by atoms with Crippen molar-refractivity contribution >= 4 is 28.4 Å². The number of carbonyl (C=O) groups excluding carboxylic acids is 2. The topological polar surface area (TPSA) is 81.3 Å². The second-order valence-electron chi connectivity index (χ2n) is 6.08. The van der Waals surface area contributed by atoms with Crippen LogP contribution >= 0.6 is 0 Å². The van der Waals surface area contributed by atoms with E-state index in [-0.39, 0.29) is 6.04 Å². The van der Waals surface area contributed by atoms with Crippen LogP contribution in [0, 0.1) is 0 Å². The van der Waals surface area contributed by atoms with Crippen LogP contribution in [0.15, 0.2) is 24.4 Å². The first kappa shape index (κ1) is 15.5. The monoisotopic (exact) mass is 315 g/mol. The van der Waals surface area contributed by atoms with Gasteiger partial charge in [-0.15, -0.1) is 0 Å². The van der Waals surface area contributed by atoms with Gasteiger partial charge in [-0.3, -0.25) is 14.7 Å². The number of benzene rings is 1. The summed E-state index contributed by atoms with van der Waals surface area (Å²) >= 11 is 0. The van der Waals surface area contributed by atoms with Gasteiger partial charge in [0.15, 0.2) is 0 Å². The molecule has 1 aliphatic heterocycles. The molecule has 0 unspecified atom stereocenters. The third-order valence-electron chi connectivity index (χ3n) is 4.45. The van der Waals surface area contributed by atoms with Crippen LogP contribution in [0.25, 0.3) is 10.9 Å². The lowest BCUT2D eigenvalue weighted by Gasteiger charge is -2.34. The highest BCUT2D eigenvalue weighted by molar-refractivity contribution is 6.39. The van der Waals surface area contributed by atoms with Gasteiger partial charge in [0.25, 0.3) is 0 Å². The second kappa shape index (κ2) is 6.37. The molecule has 1 aromatic heterocycles. The van der Waals surface area contributed by atoms with E-state index >= 15 is 0 Å². The van der Waals surface area contributed by atoms with Gasteiger partial charge in [0.1, 0.15) is 0 Å². The molecule has 2 aromatic rings. The number of nitrogens with one attached hydrogen (secondary N) is 2. The first-order chi connectivity index (χ1) is 11.0.